The molecule has 2 bridgehead atoms. The molecule has 2 atom stereocenters. The monoisotopic (exact) mass is 109 g/mol. The fraction of sp³-hybridized carbons (Fsp3) is 0.833. The van der Waals surface area contributed by atoms with Gasteiger partial charge in [0, 0.05) is 0 Å². The average Bonchev–Trinajstić information content (AvgIpc) is 2.23. The van der Waals surface area contributed by atoms with E-state index in [0.717, 1.165) is 6.54 Å². The smallest absolute Gasteiger partial charge is 0.280 e. The second-order valence-corrected chi connectivity index (χ2v) is 2.60. The van der Waals surface area contributed by atoms with E-state index in [1.807, 2.05) is 0 Å². The van der Waals surface area contributed by atoms with Crippen molar-refractivity contribution in [2.75, 3.05) is 13.6 Å². The quantitative estimate of drug-likeness (QED) is 0.437. The fourth-order valence-electron chi connectivity index (χ4n) is 1.41. The van der Waals surface area contributed by atoms with Gasteiger partial charge in [-0.1, -0.05) is 4.85 Å². The lowest BCUT2D eigenvalue weighted by Crippen LogP contribution is -2.24. The summed E-state index contributed by atoms with van der Waals surface area (Å²) in [4.78, 5) is 6.47. The topological polar surface area (TPSA) is 7.60 Å². The summed E-state index contributed by atoms with van der Waals surface area (Å²) in [5, 5.41) is 0. The molecule has 2 rings (SSSR count). The van der Waals surface area contributed by atoms with Crippen LogP contribution in [0.15, 0.2) is 0 Å². The highest BCUT2D eigenvalue weighted by Crippen LogP contribution is 2.22. The van der Waals surface area contributed by atoms with Crippen molar-refractivity contribution in [3.05, 3.63) is 4.85 Å². The van der Waals surface area contributed by atoms with Crippen molar-refractivity contribution in [3.8, 4) is 6.07 Å². The first-order valence-electron chi connectivity index (χ1n) is 3.02. The van der Waals surface area contributed by atoms with E-state index in [9.17, 15) is 0 Å². The number of likely N-dealkylation sites (N-methyl/N-ethyl adjacent to an activating group) is 1. The van der Waals surface area contributed by atoms with Crippen molar-refractivity contribution in [2.24, 2.45) is 0 Å². The van der Waals surface area contributed by atoms with Crippen LogP contribution in [-0.4, -0.2) is 30.6 Å². The van der Waals surface area contributed by atoms with Gasteiger partial charge in [-0.25, -0.2) is 0 Å². The Kier molecular flexibility index (Phi) is 0.671. The second kappa shape index (κ2) is 1.24. The maximum absolute atomic E-state index is 4.16. The minimum Gasteiger partial charge on any atom is -0.280 e. The molecule has 0 aromatic carbocycles. The molecule has 0 aliphatic carbocycles. The molecule has 2 aliphatic rings. The van der Waals surface area contributed by atoms with Gasteiger partial charge in [-0.2, -0.15) is 0 Å². The van der Waals surface area contributed by atoms with Crippen molar-refractivity contribution in [3.63, 3.8) is 0 Å². The SMILES string of the molecule is CN1CC2CC1C#[N+]2. The number of fused-ring (bicyclic) bond motifs is 2. The van der Waals surface area contributed by atoms with E-state index in [-0.39, 0.29) is 0 Å². The zero-order valence-corrected chi connectivity index (χ0v) is 4.96. The van der Waals surface area contributed by atoms with E-state index in [0.29, 0.717) is 12.1 Å². The lowest BCUT2D eigenvalue weighted by Gasteiger charge is -2.06. The zero-order chi connectivity index (χ0) is 5.56. The van der Waals surface area contributed by atoms with Crippen LogP contribution >= 0.6 is 0 Å². The summed E-state index contributed by atoms with van der Waals surface area (Å²) in [6, 6.07) is 4.20. The number of likely N-dealkylation sites (tertiary alicyclic amines) is 1. The molecule has 2 heterocycles. The Bertz CT molecular complexity index is 165. The Hall–Kier alpha value is -0.550. The van der Waals surface area contributed by atoms with Gasteiger partial charge in [0.2, 0.25) is 0 Å². The first-order valence-corrected chi connectivity index (χ1v) is 3.02. The molecule has 0 aromatic rings. The molecule has 0 N–H and O–H groups in total. The Morgan fingerprint density at radius 3 is 2.88 bits per heavy atom. The molecule has 0 saturated carbocycles. The van der Waals surface area contributed by atoms with Gasteiger partial charge in [0.05, 0.1) is 13.0 Å². The van der Waals surface area contributed by atoms with Crippen LogP contribution < -0.4 is 0 Å². The molecular formula is C6H9N2+. The normalized spacial score (nSPS) is 42.1. The van der Waals surface area contributed by atoms with Crippen LogP contribution in [0.2, 0.25) is 0 Å². The van der Waals surface area contributed by atoms with Crippen LogP contribution in [0, 0.1) is 6.07 Å². The van der Waals surface area contributed by atoms with Gasteiger partial charge in [0.15, 0.2) is 6.04 Å². The van der Waals surface area contributed by atoms with Crippen LogP contribution in [0.1, 0.15) is 6.42 Å². The maximum Gasteiger partial charge on any atom is 0.292 e. The summed E-state index contributed by atoms with van der Waals surface area (Å²) in [6.07, 6.45) is 1.22. The number of hydrogen-bond acceptors (Lipinski definition) is 1. The highest BCUT2D eigenvalue weighted by Gasteiger charge is 2.42. The Labute approximate surface area is 48.9 Å². The molecule has 2 heteroatoms. The summed E-state index contributed by atoms with van der Waals surface area (Å²) in [6.45, 7) is 1.15. The highest BCUT2D eigenvalue weighted by atomic mass is 15.2. The standard InChI is InChI=1S/C6H9N2/c1-8-4-5-2-6(8)3-7-5/h5-6H,2,4H2,1H3/q+1. The Morgan fingerprint density at radius 2 is 2.62 bits per heavy atom. The molecule has 0 amide bonds. The molecule has 0 radical (unpaired) electrons. The molecule has 2 nitrogen and oxygen atoms in total. The van der Waals surface area contributed by atoms with Crippen LogP contribution in [0.25, 0.3) is 4.85 Å². The molecule has 42 valence electrons. The summed E-state index contributed by atoms with van der Waals surface area (Å²) in [5.74, 6) is 0. The summed E-state index contributed by atoms with van der Waals surface area (Å²) in [5.41, 5.74) is 0. The second-order valence-electron chi connectivity index (χ2n) is 2.60. The Morgan fingerprint density at radius 1 is 1.75 bits per heavy atom. The van der Waals surface area contributed by atoms with E-state index in [4.69, 9.17) is 0 Å². The van der Waals surface area contributed by atoms with Crippen molar-refractivity contribution in [1.82, 2.24) is 4.90 Å². The maximum atomic E-state index is 4.16. The molecule has 0 spiro atoms. The highest BCUT2D eigenvalue weighted by molar-refractivity contribution is 5.17. The predicted molar refractivity (Wildman–Crippen MR) is 32.1 cm³/mol. The van der Waals surface area contributed by atoms with Crippen molar-refractivity contribution in [2.45, 2.75) is 18.5 Å². The molecule has 2 aliphatic heterocycles. The van der Waals surface area contributed by atoms with Crippen molar-refractivity contribution in [1.29, 1.82) is 0 Å². The minimum absolute atomic E-state index is 0.556. The summed E-state index contributed by atoms with van der Waals surface area (Å²) < 4.78 is 0. The van der Waals surface area contributed by atoms with E-state index in [1.54, 1.807) is 0 Å². The Balaban J connectivity index is 2.27. The van der Waals surface area contributed by atoms with E-state index < -0.39 is 0 Å². The van der Waals surface area contributed by atoms with E-state index >= 15 is 0 Å². The average molecular weight is 109 g/mol. The molecule has 8 heavy (non-hydrogen) atoms. The zero-order valence-electron chi connectivity index (χ0n) is 4.96. The lowest BCUT2D eigenvalue weighted by molar-refractivity contribution is 0.359. The lowest BCUT2D eigenvalue weighted by atomic mass is 10.2. The largest absolute Gasteiger partial charge is 0.292 e. The van der Waals surface area contributed by atoms with Crippen LogP contribution in [-0.2, 0) is 0 Å². The van der Waals surface area contributed by atoms with Crippen molar-refractivity contribution >= 4 is 0 Å². The van der Waals surface area contributed by atoms with Gasteiger partial charge in [-0.3, -0.25) is 4.90 Å². The van der Waals surface area contributed by atoms with Crippen LogP contribution in [0.5, 0.6) is 0 Å². The van der Waals surface area contributed by atoms with E-state index in [2.05, 4.69) is 22.9 Å². The third-order valence-corrected chi connectivity index (χ3v) is 1.93. The fourth-order valence-corrected chi connectivity index (χ4v) is 1.41. The van der Waals surface area contributed by atoms with Crippen LogP contribution in [0.3, 0.4) is 0 Å². The van der Waals surface area contributed by atoms with Gasteiger partial charge in [-0.05, 0) is 7.05 Å². The molecular weight excluding hydrogens is 100 g/mol. The third kappa shape index (κ3) is 0.399. The molecule has 2 unspecified atom stereocenters. The first kappa shape index (κ1) is 4.34. The molecule has 1 saturated heterocycles. The first-order chi connectivity index (χ1) is 3.86. The summed E-state index contributed by atoms with van der Waals surface area (Å²) >= 11 is 0. The van der Waals surface area contributed by atoms with E-state index in [1.165, 1.54) is 6.42 Å². The van der Waals surface area contributed by atoms with Crippen LogP contribution in [0.4, 0.5) is 0 Å². The predicted octanol–water partition coefficient (Wildman–Crippen LogP) is 0.406. The number of hydrogen-bond donors (Lipinski definition) is 0. The van der Waals surface area contributed by atoms with Gasteiger partial charge in [-0.15, -0.1) is 0 Å². The third-order valence-electron chi connectivity index (χ3n) is 1.93. The minimum atomic E-state index is 0.556. The van der Waals surface area contributed by atoms with Crippen molar-refractivity contribution < 1.29 is 0 Å². The van der Waals surface area contributed by atoms with Gasteiger partial charge < -0.3 is 0 Å². The van der Waals surface area contributed by atoms with Gasteiger partial charge in [0.25, 0.3) is 12.1 Å². The number of rotatable bonds is 0. The molecule has 1 fully saturated rings. The van der Waals surface area contributed by atoms with Gasteiger partial charge >= 0.3 is 0 Å². The number of nitrogens with zero attached hydrogens (tertiary/aromatic N) is 2. The van der Waals surface area contributed by atoms with Gasteiger partial charge in [0.1, 0.15) is 0 Å². The summed E-state index contributed by atoms with van der Waals surface area (Å²) in [7, 11) is 2.13. The molecule has 0 aromatic heterocycles.